The summed E-state index contributed by atoms with van der Waals surface area (Å²) >= 11 is 0. The van der Waals surface area contributed by atoms with Crippen molar-refractivity contribution in [2.45, 2.75) is 24.8 Å². The summed E-state index contributed by atoms with van der Waals surface area (Å²) in [6.07, 6.45) is 1.62. The van der Waals surface area contributed by atoms with E-state index in [1.807, 2.05) is 42.5 Å². The lowest BCUT2D eigenvalue weighted by Gasteiger charge is -2.37. The Hall–Kier alpha value is -2.86. The van der Waals surface area contributed by atoms with Crippen LogP contribution in [0.2, 0.25) is 0 Å². The molecular formula is C22H26N2O4. The number of carbonyl (C=O) groups is 2. The summed E-state index contributed by atoms with van der Waals surface area (Å²) in [6.45, 7) is 1.96. The van der Waals surface area contributed by atoms with E-state index in [1.54, 1.807) is 7.11 Å². The fourth-order valence-electron chi connectivity index (χ4n) is 3.50. The van der Waals surface area contributed by atoms with Gasteiger partial charge in [0.15, 0.2) is 0 Å². The van der Waals surface area contributed by atoms with Crippen LogP contribution in [-0.2, 0) is 26.3 Å². The van der Waals surface area contributed by atoms with Gasteiger partial charge in [0.25, 0.3) is 0 Å². The summed E-state index contributed by atoms with van der Waals surface area (Å²) in [5, 5.41) is 5.48. The molecule has 28 heavy (non-hydrogen) atoms. The lowest BCUT2D eigenvalue weighted by molar-refractivity contribution is -0.139. The molecule has 0 bridgehead atoms. The minimum Gasteiger partial charge on any atom is -0.497 e. The van der Waals surface area contributed by atoms with Crippen molar-refractivity contribution in [2.75, 3.05) is 26.9 Å². The highest BCUT2D eigenvalue weighted by atomic mass is 16.5. The fourth-order valence-corrected chi connectivity index (χ4v) is 3.50. The molecule has 2 N–H and O–H groups in total. The van der Waals surface area contributed by atoms with Crippen LogP contribution in [0.4, 0.5) is 0 Å². The molecule has 0 atom stereocenters. The number of ether oxygens (including phenoxy) is 2. The predicted octanol–water partition coefficient (Wildman–Crippen LogP) is 2.18. The lowest BCUT2D eigenvalue weighted by Crippen LogP contribution is -2.48. The highest BCUT2D eigenvalue weighted by molar-refractivity contribution is 6.35. The van der Waals surface area contributed by atoms with Crippen LogP contribution in [0, 0.1) is 0 Å². The van der Waals surface area contributed by atoms with Crippen molar-refractivity contribution >= 4 is 11.8 Å². The average molecular weight is 382 g/mol. The van der Waals surface area contributed by atoms with Gasteiger partial charge >= 0.3 is 11.8 Å². The second kappa shape index (κ2) is 9.37. The Bertz CT molecular complexity index is 801. The first kappa shape index (κ1) is 19.9. The van der Waals surface area contributed by atoms with Crippen LogP contribution in [0.1, 0.15) is 24.0 Å². The average Bonchev–Trinajstić information content (AvgIpc) is 2.77. The third-order valence-electron chi connectivity index (χ3n) is 5.22. The minimum atomic E-state index is -0.641. The van der Waals surface area contributed by atoms with Gasteiger partial charge in [-0.05, 0) is 36.1 Å². The van der Waals surface area contributed by atoms with Gasteiger partial charge < -0.3 is 20.1 Å². The molecule has 148 valence electrons. The van der Waals surface area contributed by atoms with Crippen LogP contribution in [0.3, 0.4) is 0 Å². The zero-order valence-electron chi connectivity index (χ0n) is 16.1. The van der Waals surface area contributed by atoms with Gasteiger partial charge in [0.05, 0.1) is 7.11 Å². The number of amides is 2. The van der Waals surface area contributed by atoms with Gasteiger partial charge in [0.1, 0.15) is 5.75 Å². The zero-order chi connectivity index (χ0) is 19.8. The molecule has 2 amide bonds. The molecule has 6 nitrogen and oxygen atoms in total. The van der Waals surface area contributed by atoms with Gasteiger partial charge in [-0.15, -0.1) is 0 Å². The molecule has 0 radical (unpaired) electrons. The maximum absolute atomic E-state index is 12.3. The highest BCUT2D eigenvalue weighted by Crippen LogP contribution is 2.34. The molecule has 1 aliphatic heterocycles. The van der Waals surface area contributed by atoms with Crippen LogP contribution in [0.15, 0.2) is 54.6 Å². The van der Waals surface area contributed by atoms with E-state index in [9.17, 15) is 9.59 Å². The predicted molar refractivity (Wildman–Crippen MR) is 106 cm³/mol. The maximum atomic E-state index is 12.3. The largest absolute Gasteiger partial charge is 0.497 e. The van der Waals surface area contributed by atoms with Crippen LogP contribution >= 0.6 is 0 Å². The molecule has 0 aromatic heterocycles. The van der Waals surface area contributed by atoms with Crippen LogP contribution in [0.5, 0.6) is 5.75 Å². The summed E-state index contributed by atoms with van der Waals surface area (Å²) < 4.78 is 10.7. The monoisotopic (exact) mass is 382 g/mol. The molecule has 0 spiro atoms. The van der Waals surface area contributed by atoms with Gasteiger partial charge in [-0.2, -0.15) is 0 Å². The first-order valence-electron chi connectivity index (χ1n) is 9.45. The summed E-state index contributed by atoms with van der Waals surface area (Å²) in [6, 6.07) is 17.5. The van der Waals surface area contributed by atoms with Crippen molar-refractivity contribution in [1.29, 1.82) is 0 Å². The van der Waals surface area contributed by atoms with Crippen LogP contribution in [0.25, 0.3) is 0 Å². The quantitative estimate of drug-likeness (QED) is 0.751. The summed E-state index contributed by atoms with van der Waals surface area (Å²) in [5.74, 6) is -0.552. The number of benzene rings is 2. The summed E-state index contributed by atoms with van der Waals surface area (Å²) in [7, 11) is 1.59. The Morgan fingerprint density at radius 3 is 2.43 bits per heavy atom. The maximum Gasteiger partial charge on any atom is 0.309 e. The second-order valence-corrected chi connectivity index (χ2v) is 6.98. The van der Waals surface area contributed by atoms with Gasteiger partial charge in [0.2, 0.25) is 0 Å². The normalized spacial score (nSPS) is 15.5. The fraction of sp³-hybridized carbons (Fsp3) is 0.364. The van der Waals surface area contributed by atoms with Crippen LogP contribution in [-0.4, -0.2) is 38.7 Å². The lowest BCUT2D eigenvalue weighted by atomic mass is 9.74. The Labute approximate surface area is 165 Å². The van der Waals surface area contributed by atoms with Crippen molar-refractivity contribution in [3.63, 3.8) is 0 Å². The van der Waals surface area contributed by atoms with Gasteiger partial charge in [-0.3, -0.25) is 9.59 Å². The van der Waals surface area contributed by atoms with Gasteiger partial charge in [-0.25, -0.2) is 0 Å². The molecule has 1 fully saturated rings. The first-order chi connectivity index (χ1) is 13.6. The van der Waals surface area contributed by atoms with E-state index >= 15 is 0 Å². The number of carbonyl (C=O) groups excluding carboxylic acids is 2. The van der Waals surface area contributed by atoms with E-state index in [2.05, 4.69) is 22.8 Å². The van der Waals surface area contributed by atoms with E-state index < -0.39 is 11.8 Å². The van der Waals surface area contributed by atoms with E-state index in [-0.39, 0.29) is 12.0 Å². The Morgan fingerprint density at radius 1 is 1.00 bits per heavy atom. The van der Waals surface area contributed by atoms with Gasteiger partial charge in [-0.1, -0.05) is 42.5 Å². The Kier molecular flexibility index (Phi) is 6.66. The molecule has 2 aromatic rings. The van der Waals surface area contributed by atoms with Crippen molar-refractivity contribution in [1.82, 2.24) is 10.6 Å². The molecule has 1 aliphatic rings. The van der Waals surface area contributed by atoms with Crippen molar-refractivity contribution in [2.24, 2.45) is 0 Å². The van der Waals surface area contributed by atoms with Crippen molar-refractivity contribution in [3.8, 4) is 5.75 Å². The molecule has 3 rings (SSSR count). The standard InChI is InChI=1S/C22H26N2O4/c1-27-19-9-5-6-17(14-19)15-23-20(25)21(26)24-16-22(10-12-28-13-11-22)18-7-3-2-4-8-18/h2-9,14H,10-13,15-16H2,1H3,(H,23,25)(H,24,26). The topological polar surface area (TPSA) is 76.7 Å². The van der Waals surface area contributed by atoms with E-state index in [0.29, 0.717) is 25.5 Å². The molecular weight excluding hydrogens is 356 g/mol. The molecule has 1 saturated heterocycles. The molecule has 0 unspecified atom stereocenters. The van der Waals surface area contributed by atoms with Crippen LogP contribution < -0.4 is 15.4 Å². The number of methoxy groups -OCH3 is 1. The third-order valence-corrected chi connectivity index (χ3v) is 5.22. The van der Waals surface area contributed by atoms with Crippen molar-refractivity contribution in [3.05, 3.63) is 65.7 Å². The smallest absolute Gasteiger partial charge is 0.309 e. The highest BCUT2D eigenvalue weighted by Gasteiger charge is 2.35. The first-order valence-corrected chi connectivity index (χ1v) is 9.45. The number of nitrogens with one attached hydrogen (secondary N) is 2. The van der Waals surface area contributed by atoms with E-state index in [4.69, 9.17) is 9.47 Å². The Balaban J connectivity index is 1.57. The van der Waals surface area contributed by atoms with E-state index in [0.717, 1.165) is 24.0 Å². The second-order valence-electron chi connectivity index (χ2n) is 6.98. The Morgan fingerprint density at radius 2 is 1.71 bits per heavy atom. The minimum absolute atomic E-state index is 0.206. The SMILES string of the molecule is COc1cccc(CNC(=O)C(=O)NCC2(c3ccccc3)CCOCC2)c1. The van der Waals surface area contributed by atoms with E-state index in [1.165, 1.54) is 0 Å². The molecule has 1 heterocycles. The number of rotatable bonds is 6. The van der Waals surface area contributed by atoms with Gasteiger partial charge in [0, 0.05) is 31.7 Å². The van der Waals surface area contributed by atoms with Crippen molar-refractivity contribution < 1.29 is 19.1 Å². The zero-order valence-corrected chi connectivity index (χ0v) is 16.1. The molecule has 6 heteroatoms. The third kappa shape index (κ3) is 4.89. The molecule has 0 aliphatic carbocycles. The summed E-state index contributed by atoms with van der Waals surface area (Å²) in [5.41, 5.74) is 1.82. The number of hydrogen-bond acceptors (Lipinski definition) is 4. The number of hydrogen-bond donors (Lipinski definition) is 2. The molecule has 2 aromatic carbocycles. The molecule has 0 saturated carbocycles. The summed E-state index contributed by atoms with van der Waals surface area (Å²) in [4.78, 5) is 24.5.